The lowest BCUT2D eigenvalue weighted by atomic mass is 10.1. The van der Waals surface area contributed by atoms with Crippen LogP contribution in [0, 0.1) is 17.7 Å². The van der Waals surface area contributed by atoms with Crippen molar-refractivity contribution in [3.8, 4) is 0 Å². The van der Waals surface area contributed by atoms with E-state index in [9.17, 15) is 18.8 Å². The van der Waals surface area contributed by atoms with Crippen LogP contribution in [0.4, 0.5) is 15.9 Å². The van der Waals surface area contributed by atoms with Crippen molar-refractivity contribution in [3.05, 3.63) is 56.5 Å². The Bertz CT molecular complexity index is 1060. The Labute approximate surface area is 194 Å². The van der Waals surface area contributed by atoms with Crippen LogP contribution in [0.3, 0.4) is 0 Å². The lowest BCUT2D eigenvalue weighted by molar-refractivity contribution is -0.120. The zero-order valence-corrected chi connectivity index (χ0v) is 20.4. The van der Waals surface area contributed by atoms with E-state index in [1.807, 2.05) is 46.4 Å². The van der Waals surface area contributed by atoms with Crippen LogP contribution in [0.2, 0.25) is 0 Å². The smallest absolute Gasteiger partial charge is 0.330 e. The second-order valence-corrected chi connectivity index (χ2v) is 9.19. The van der Waals surface area contributed by atoms with E-state index in [2.05, 4.69) is 4.98 Å². The summed E-state index contributed by atoms with van der Waals surface area (Å²) in [7, 11) is 0. The molecule has 1 aromatic carbocycles. The molecular formula is C24H36FN5O3. The molecule has 1 unspecified atom stereocenters. The molecule has 2 rings (SSSR count). The van der Waals surface area contributed by atoms with Crippen LogP contribution in [-0.4, -0.2) is 40.0 Å². The Morgan fingerprint density at radius 1 is 1.09 bits per heavy atom. The maximum absolute atomic E-state index is 13.5. The highest BCUT2D eigenvalue weighted by Gasteiger charge is 2.27. The molecular weight excluding hydrogens is 425 g/mol. The fourth-order valence-corrected chi connectivity index (χ4v) is 3.80. The summed E-state index contributed by atoms with van der Waals surface area (Å²) in [5, 5.41) is 0. The van der Waals surface area contributed by atoms with Gasteiger partial charge in [0.1, 0.15) is 11.6 Å². The first-order chi connectivity index (χ1) is 15.5. The Kier molecular flexibility index (Phi) is 8.99. The third-order valence-corrected chi connectivity index (χ3v) is 5.53. The number of aromatic nitrogens is 2. The summed E-state index contributed by atoms with van der Waals surface area (Å²) in [6.07, 6.45) is 0. The Balaban J connectivity index is 2.44. The van der Waals surface area contributed by atoms with Crippen molar-refractivity contribution in [2.45, 2.75) is 54.1 Å². The summed E-state index contributed by atoms with van der Waals surface area (Å²) in [5.74, 6) is -0.458. The molecule has 1 aromatic heterocycles. The average molecular weight is 462 g/mol. The molecule has 0 aliphatic heterocycles. The zero-order valence-electron chi connectivity index (χ0n) is 20.4. The van der Waals surface area contributed by atoms with Gasteiger partial charge < -0.3 is 10.6 Å². The van der Waals surface area contributed by atoms with E-state index >= 15 is 0 Å². The van der Waals surface area contributed by atoms with Gasteiger partial charge in [-0.05, 0) is 43.0 Å². The summed E-state index contributed by atoms with van der Waals surface area (Å²) in [6.45, 7) is 12.8. The molecule has 0 aliphatic carbocycles. The lowest BCUT2D eigenvalue weighted by Gasteiger charge is -2.32. The van der Waals surface area contributed by atoms with Gasteiger partial charge in [0, 0.05) is 19.1 Å². The van der Waals surface area contributed by atoms with Gasteiger partial charge in [0.05, 0.1) is 6.54 Å². The summed E-state index contributed by atoms with van der Waals surface area (Å²) in [4.78, 5) is 44.3. The van der Waals surface area contributed by atoms with Crippen LogP contribution >= 0.6 is 0 Å². The number of amides is 1. The van der Waals surface area contributed by atoms with Crippen LogP contribution < -0.4 is 21.9 Å². The van der Waals surface area contributed by atoms with Crippen molar-refractivity contribution in [3.63, 3.8) is 0 Å². The molecule has 0 bridgehead atoms. The van der Waals surface area contributed by atoms with Crippen molar-refractivity contribution < 1.29 is 9.18 Å². The molecule has 3 N–H and O–H groups in total. The number of halogens is 1. The van der Waals surface area contributed by atoms with Crippen molar-refractivity contribution >= 4 is 17.4 Å². The van der Waals surface area contributed by atoms with Gasteiger partial charge >= 0.3 is 5.69 Å². The molecule has 1 amide bonds. The van der Waals surface area contributed by atoms with Gasteiger partial charge in [-0.15, -0.1) is 0 Å². The molecule has 0 saturated carbocycles. The predicted octanol–water partition coefficient (Wildman–Crippen LogP) is 2.99. The largest absolute Gasteiger partial charge is 0.383 e. The van der Waals surface area contributed by atoms with E-state index in [1.54, 1.807) is 12.1 Å². The number of hydrogen-bond donors (Lipinski definition) is 2. The molecule has 0 radical (unpaired) electrons. The summed E-state index contributed by atoms with van der Waals surface area (Å²) in [6, 6.07) is 6.04. The number of carbonyl (C=O) groups excluding carboxylic acids is 1. The van der Waals surface area contributed by atoms with E-state index in [0.29, 0.717) is 13.1 Å². The average Bonchev–Trinajstić information content (AvgIpc) is 2.73. The SMILES string of the molecule is CCN(CC(=O)N(CC(C)C)c1c(N)n(CC(C)C)c(=O)[nH]c1=O)C(C)c1ccc(F)cc1. The van der Waals surface area contributed by atoms with Crippen LogP contribution in [0.5, 0.6) is 0 Å². The molecule has 0 fully saturated rings. The highest BCUT2D eigenvalue weighted by Crippen LogP contribution is 2.23. The second-order valence-electron chi connectivity index (χ2n) is 9.19. The van der Waals surface area contributed by atoms with Crippen molar-refractivity contribution in [2.24, 2.45) is 11.8 Å². The number of rotatable bonds is 10. The number of nitrogens with one attached hydrogen (secondary N) is 1. The number of anilines is 2. The van der Waals surface area contributed by atoms with Crippen LogP contribution in [0.25, 0.3) is 0 Å². The molecule has 0 aliphatic rings. The summed E-state index contributed by atoms with van der Waals surface area (Å²) < 4.78 is 14.6. The predicted molar refractivity (Wildman–Crippen MR) is 130 cm³/mol. The number of nitrogens with zero attached hydrogens (tertiary/aromatic N) is 3. The van der Waals surface area contributed by atoms with E-state index < -0.39 is 11.2 Å². The molecule has 1 heterocycles. The van der Waals surface area contributed by atoms with Gasteiger partial charge in [-0.25, -0.2) is 9.18 Å². The number of hydrogen-bond acceptors (Lipinski definition) is 5. The molecule has 9 heteroatoms. The minimum Gasteiger partial charge on any atom is -0.383 e. The van der Waals surface area contributed by atoms with Gasteiger partial charge in [-0.2, -0.15) is 0 Å². The van der Waals surface area contributed by atoms with Crippen LogP contribution in [0.1, 0.15) is 53.1 Å². The standard InChI is InChI=1S/C24H36FN5O3/c1-7-28(17(6)18-8-10-19(25)11-9-18)14-20(31)29(12-15(2)3)21-22(26)30(13-16(4)5)24(33)27-23(21)32/h8-11,15-17H,7,12-14,26H2,1-6H3,(H,27,32,33). The van der Waals surface area contributed by atoms with Crippen molar-refractivity contribution in [1.82, 2.24) is 14.5 Å². The van der Waals surface area contributed by atoms with E-state index in [0.717, 1.165) is 5.56 Å². The second kappa shape index (κ2) is 11.3. The van der Waals surface area contributed by atoms with Gasteiger partial charge in [0.15, 0.2) is 5.69 Å². The minimum absolute atomic E-state index is 0.000520. The highest BCUT2D eigenvalue weighted by atomic mass is 19.1. The fraction of sp³-hybridized carbons (Fsp3) is 0.542. The quantitative estimate of drug-likeness (QED) is 0.566. The van der Waals surface area contributed by atoms with Crippen LogP contribution in [-0.2, 0) is 11.3 Å². The molecule has 8 nitrogen and oxygen atoms in total. The molecule has 1 atom stereocenters. The number of aromatic amines is 1. The summed E-state index contributed by atoms with van der Waals surface area (Å²) >= 11 is 0. The maximum Gasteiger partial charge on any atom is 0.330 e. The highest BCUT2D eigenvalue weighted by molar-refractivity contribution is 5.96. The first-order valence-electron chi connectivity index (χ1n) is 11.4. The molecule has 33 heavy (non-hydrogen) atoms. The maximum atomic E-state index is 13.5. The molecule has 0 spiro atoms. The van der Waals surface area contributed by atoms with E-state index in [1.165, 1.54) is 21.6 Å². The zero-order chi connectivity index (χ0) is 24.9. The first kappa shape index (κ1) is 26.3. The fourth-order valence-electron chi connectivity index (χ4n) is 3.80. The Hall–Kier alpha value is -2.94. The number of likely N-dealkylation sites (N-methyl/N-ethyl adjacent to an activating group) is 1. The van der Waals surface area contributed by atoms with Crippen molar-refractivity contribution in [1.29, 1.82) is 0 Å². The Morgan fingerprint density at radius 2 is 1.70 bits per heavy atom. The van der Waals surface area contributed by atoms with E-state index in [-0.39, 0.29) is 54.2 Å². The Morgan fingerprint density at radius 3 is 2.21 bits per heavy atom. The topological polar surface area (TPSA) is 104 Å². The molecule has 182 valence electrons. The van der Waals surface area contributed by atoms with E-state index in [4.69, 9.17) is 5.73 Å². The van der Waals surface area contributed by atoms with Gasteiger partial charge in [0.2, 0.25) is 5.91 Å². The van der Waals surface area contributed by atoms with Gasteiger partial charge in [-0.1, -0.05) is 46.8 Å². The third kappa shape index (κ3) is 6.54. The lowest BCUT2D eigenvalue weighted by Crippen LogP contribution is -2.47. The summed E-state index contributed by atoms with van der Waals surface area (Å²) in [5.41, 5.74) is 5.88. The molecule has 0 saturated heterocycles. The van der Waals surface area contributed by atoms with Crippen molar-refractivity contribution in [2.75, 3.05) is 30.3 Å². The minimum atomic E-state index is -0.680. The number of nitrogen functional groups attached to an aromatic ring is 1. The van der Waals surface area contributed by atoms with Gasteiger partial charge in [0.25, 0.3) is 5.56 Å². The normalized spacial score (nSPS) is 12.5. The monoisotopic (exact) mass is 461 g/mol. The molecule has 2 aromatic rings. The van der Waals surface area contributed by atoms with Crippen LogP contribution in [0.15, 0.2) is 33.9 Å². The number of nitrogens with two attached hydrogens (primary N) is 1. The number of benzene rings is 1. The number of H-pyrrole nitrogens is 1. The third-order valence-electron chi connectivity index (χ3n) is 5.53. The number of carbonyl (C=O) groups is 1. The van der Waals surface area contributed by atoms with Gasteiger partial charge in [-0.3, -0.25) is 24.0 Å². The first-order valence-corrected chi connectivity index (χ1v) is 11.4.